The standard InChI is InChI=1S/C32H40N2O10/c1-7-11-19(4)30(37)44-27-24(40-6)14-15-33-25(27)28(35)34-23-17-41-31(38)22(16-21-12-9-8-10-13-21)26(20(5)42-32(23)39)43-29(36)18(2)3/h8-10,12-15,18-20,22-23,26H,7,11,16-17H2,1-6H3,(H,34,35). The Morgan fingerprint density at radius 1 is 1.05 bits per heavy atom. The molecule has 44 heavy (non-hydrogen) atoms. The number of rotatable bonds is 11. The molecule has 1 fully saturated rings. The molecule has 0 radical (unpaired) electrons. The number of carbonyl (C=O) groups excluding carboxylic acids is 5. The van der Waals surface area contributed by atoms with Gasteiger partial charge in [-0.15, -0.1) is 0 Å². The highest BCUT2D eigenvalue weighted by Gasteiger charge is 2.42. The Hall–Kier alpha value is -4.48. The molecule has 5 unspecified atom stereocenters. The molecule has 3 rings (SSSR count). The van der Waals surface area contributed by atoms with Crippen molar-refractivity contribution >= 4 is 29.8 Å². The molecule has 2 heterocycles. The molecule has 1 aromatic carbocycles. The van der Waals surface area contributed by atoms with Gasteiger partial charge in [0.15, 0.2) is 23.6 Å². The number of cyclic esters (lactones) is 2. The summed E-state index contributed by atoms with van der Waals surface area (Å²) in [7, 11) is 1.34. The van der Waals surface area contributed by atoms with Crippen molar-refractivity contribution in [1.29, 1.82) is 0 Å². The fourth-order valence-electron chi connectivity index (χ4n) is 4.58. The Morgan fingerprint density at radius 2 is 1.75 bits per heavy atom. The Balaban J connectivity index is 1.89. The van der Waals surface area contributed by atoms with Crippen molar-refractivity contribution < 1.29 is 47.7 Å². The summed E-state index contributed by atoms with van der Waals surface area (Å²) in [6.45, 7) is 7.86. The number of hydrogen-bond acceptors (Lipinski definition) is 11. The lowest BCUT2D eigenvalue weighted by Crippen LogP contribution is -2.47. The molecule has 0 saturated carbocycles. The van der Waals surface area contributed by atoms with E-state index in [0.29, 0.717) is 6.42 Å². The molecular weight excluding hydrogens is 572 g/mol. The third kappa shape index (κ3) is 8.77. The average Bonchev–Trinajstić information content (AvgIpc) is 3.03. The molecule has 1 aromatic heterocycles. The molecule has 1 aliphatic rings. The van der Waals surface area contributed by atoms with Crippen LogP contribution in [0.2, 0.25) is 0 Å². The van der Waals surface area contributed by atoms with Gasteiger partial charge in [0.25, 0.3) is 5.91 Å². The first-order valence-electron chi connectivity index (χ1n) is 14.6. The summed E-state index contributed by atoms with van der Waals surface area (Å²) in [5.74, 6) is -5.82. The van der Waals surface area contributed by atoms with Crippen LogP contribution in [0.1, 0.15) is 63.5 Å². The fraction of sp³-hybridized carbons (Fsp3) is 0.500. The number of carbonyl (C=O) groups is 5. The largest absolute Gasteiger partial charge is 0.493 e. The van der Waals surface area contributed by atoms with Gasteiger partial charge in [0, 0.05) is 12.3 Å². The van der Waals surface area contributed by atoms with Crippen LogP contribution in [-0.2, 0) is 39.8 Å². The monoisotopic (exact) mass is 612 g/mol. The van der Waals surface area contributed by atoms with Crippen LogP contribution < -0.4 is 14.8 Å². The van der Waals surface area contributed by atoms with E-state index in [1.807, 2.05) is 37.3 Å². The smallest absolute Gasteiger partial charge is 0.332 e. The first-order chi connectivity index (χ1) is 21.0. The zero-order valence-electron chi connectivity index (χ0n) is 25.9. The predicted octanol–water partition coefficient (Wildman–Crippen LogP) is 3.45. The zero-order valence-corrected chi connectivity index (χ0v) is 25.9. The van der Waals surface area contributed by atoms with Gasteiger partial charge in [0.1, 0.15) is 18.6 Å². The maximum absolute atomic E-state index is 13.4. The SMILES string of the molecule is CCCC(C)C(=O)Oc1c(OC)ccnc1C(=O)NC1COC(=O)C(Cc2ccccc2)C(OC(=O)C(C)C)C(C)OC1=O. The lowest BCUT2D eigenvalue weighted by Gasteiger charge is -2.29. The van der Waals surface area contributed by atoms with Gasteiger partial charge in [-0.25, -0.2) is 9.78 Å². The molecule has 0 aliphatic carbocycles. The van der Waals surface area contributed by atoms with Crippen LogP contribution in [0.3, 0.4) is 0 Å². The van der Waals surface area contributed by atoms with E-state index in [0.717, 1.165) is 12.0 Å². The minimum atomic E-state index is -1.46. The highest BCUT2D eigenvalue weighted by atomic mass is 16.6. The summed E-state index contributed by atoms with van der Waals surface area (Å²) >= 11 is 0. The van der Waals surface area contributed by atoms with Crippen molar-refractivity contribution in [2.75, 3.05) is 13.7 Å². The number of pyridine rings is 1. The minimum absolute atomic E-state index is 0.0813. The number of aromatic nitrogens is 1. The van der Waals surface area contributed by atoms with Crippen molar-refractivity contribution in [3.05, 3.63) is 53.9 Å². The van der Waals surface area contributed by atoms with E-state index in [4.69, 9.17) is 23.7 Å². The van der Waals surface area contributed by atoms with Gasteiger partial charge >= 0.3 is 23.9 Å². The van der Waals surface area contributed by atoms with E-state index in [9.17, 15) is 24.0 Å². The summed E-state index contributed by atoms with van der Waals surface area (Å²) in [6.07, 6.45) is 0.514. The number of methoxy groups -OCH3 is 1. The maximum Gasteiger partial charge on any atom is 0.332 e. The Bertz CT molecular complexity index is 1330. The van der Waals surface area contributed by atoms with Gasteiger partial charge in [-0.1, -0.05) is 64.4 Å². The molecule has 1 amide bonds. The van der Waals surface area contributed by atoms with Crippen molar-refractivity contribution in [2.24, 2.45) is 17.8 Å². The van der Waals surface area contributed by atoms with E-state index >= 15 is 0 Å². The summed E-state index contributed by atoms with van der Waals surface area (Å²) in [5.41, 5.74) is 0.459. The third-order valence-electron chi connectivity index (χ3n) is 7.10. The van der Waals surface area contributed by atoms with Gasteiger partial charge in [0.05, 0.1) is 18.9 Å². The van der Waals surface area contributed by atoms with E-state index < -0.39 is 72.4 Å². The third-order valence-corrected chi connectivity index (χ3v) is 7.10. The second kappa shape index (κ2) is 15.8. The number of benzene rings is 1. The highest BCUT2D eigenvalue weighted by molar-refractivity contribution is 5.99. The van der Waals surface area contributed by atoms with Crippen molar-refractivity contribution in [2.45, 2.75) is 72.1 Å². The molecule has 1 N–H and O–H groups in total. The normalized spacial score (nSPS) is 21.1. The van der Waals surface area contributed by atoms with Gasteiger partial charge in [-0.3, -0.25) is 19.2 Å². The fourth-order valence-corrected chi connectivity index (χ4v) is 4.58. The molecule has 12 nitrogen and oxygen atoms in total. The van der Waals surface area contributed by atoms with Crippen molar-refractivity contribution in [3.8, 4) is 11.5 Å². The molecule has 5 atom stereocenters. The molecule has 0 spiro atoms. The summed E-state index contributed by atoms with van der Waals surface area (Å²) < 4.78 is 27.6. The number of nitrogens with zero attached hydrogens (tertiary/aromatic N) is 1. The van der Waals surface area contributed by atoms with Crippen LogP contribution in [-0.4, -0.2) is 66.7 Å². The lowest BCUT2D eigenvalue weighted by molar-refractivity contribution is -0.176. The molecule has 1 aliphatic heterocycles. The van der Waals surface area contributed by atoms with Crippen LogP contribution in [0.25, 0.3) is 0 Å². The van der Waals surface area contributed by atoms with Crippen LogP contribution in [0.4, 0.5) is 0 Å². The molecule has 238 valence electrons. The predicted molar refractivity (Wildman–Crippen MR) is 157 cm³/mol. The summed E-state index contributed by atoms with van der Waals surface area (Å²) in [5, 5.41) is 2.47. The van der Waals surface area contributed by atoms with E-state index in [-0.39, 0.29) is 23.6 Å². The topological polar surface area (TPSA) is 156 Å². The lowest BCUT2D eigenvalue weighted by atomic mass is 9.91. The summed E-state index contributed by atoms with van der Waals surface area (Å²) in [6, 6.07) is 9.04. The van der Waals surface area contributed by atoms with Crippen molar-refractivity contribution in [1.82, 2.24) is 10.3 Å². The maximum atomic E-state index is 13.4. The molecule has 2 aromatic rings. The molecule has 0 bridgehead atoms. The molecule has 1 saturated heterocycles. The molecular formula is C32H40N2O10. The van der Waals surface area contributed by atoms with E-state index in [1.165, 1.54) is 26.3 Å². The quantitative estimate of drug-likeness (QED) is 0.293. The van der Waals surface area contributed by atoms with Gasteiger partial charge < -0.3 is 29.0 Å². The average molecular weight is 613 g/mol. The van der Waals surface area contributed by atoms with Gasteiger partial charge in [-0.2, -0.15) is 0 Å². The van der Waals surface area contributed by atoms with Crippen LogP contribution in [0.15, 0.2) is 42.6 Å². The zero-order chi connectivity index (χ0) is 32.4. The van der Waals surface area contributed by atoms with E-state index in [1.54, 1.807) is 20.8 Å². The van der Waals surface area contributed by atoms with Crippen LogP contribution in [0.5, 0.6) is 11.5 Å². The number of esters is 4. The number of amides is 1. The van der Waals surface area contributed by atoms with Crippen molar-refractivity contribution in [3.63, 3.8) is 0 Å². The Morgan fingerprint density at radius 3 is 2.39 bits per heavy atom. The van der Waals surface area contributed by atoms with Gasteiger partial charge in [0.2, 0.25) is 5.75 Å². The number of ether oxygens (including phenoxy) is 5. The van der Waals surface area contributed by atoms with Crippen LogP contribution >= 0.6 is 0 Å². The second-order valence-corrected chi connectivity index (χ2v) is 11.0. The molecule has 12 heteroatoms. The summed E-state index contributed by atoms with van der Waals surface area (Å²) in [4.78, 5) is 69.5. The highest BCUT2D eigenvalue weighted by Crippen LogP contribution is 2.31. The number of hydrogen-bond donors (Lipinski definition) is 1. The second-order valence-electron chi connectivity index (χ2n) is 11.0. The first-order valence-corrected chi connectivity index (χ1v) is 14.6. The van der Waals surface area contributed by atoms with E-state index in [2.05, 4.69) is 10.3 Å². The first kappa shape index (κ1) is 34.0. The number of nitrogens with one attached hydrogen (secondary N) is 1. The Labute approximate surface area is 256 Å². The minimum Gasteiger partial charge on any atom is -0.493 e. The van der Waals surface area contributed by atoms with Crippen LogP contribution in [0, 0.1) is 17.8 Å². The Kier molecular flexibility index (Phi) is 12.2. The van der Waals surface area contributed by atoms with Gasteiger partial charge in [-0.05, 0) is 25.3 Å².